The molecule has 0 amide bonds. The Morgan fingerprint density at radius 3 is 3.00 bits per heavy atom. The Labute approximate surface area is 125 Å². The molecule has 0 radical (unpaired) electrons. The average molecular weight is 302 g/mol. The van der Waals surface area contributed by atoms with Crippen LogP contribution in [0.25, 0.3) is 11.0 Å². The van der Waals surface area contributed by atoms with Gasteiger partial charge >= 0.3 is 0 Å². The molecule has 1 N–H and O–H groups in total. The summed E-state index contributed by atoms with van der Waals surface area (Å²) in [5, 5.41) is 1.12. The van der Waals surface area contributed by atoms with Gasteiger partial charge in [0, 0.05) is 11.2 Å². The number of aromatic amines is 1. The van der Waals surface area contributed by atoms with E-state index in [4.69, 9.17) is 16.3 Å². The van der Waals surface area contributed by atoms with Crippen molar-refractivity contribution in [3.05, 3.63) is 63.3 Å². The van der Waals surface area contributed by atoms with Crippen LogP contribution in [0.1, 0.15) is 11.4 Å². The van der Waals surface area contributed by atoms with Gasteiger partial charge in [0.2, 0.25) is 0 Å². The predicted octanol–water partition coefficient (Wildman–Crippen LogP) is 2.86. The number of nitrogens with zero attached hydrogens (tertiary/aromatic N) is 2. The summed E-state index contributed by atoms with van der Waals surface area (Å²) >= 11 is 5.90. The van der Waals surface area contributed by atoms with Crippen LogP contribution in [0.3, 0.4) is 0 Å². The molecular weight excluding hydrogens is 290 g/mol. The van der Waals surface area contributed by atoms with Crippen LogP contribution >= 0.6 is 11.6 Å². The predicted molar refractivity (Wildman–Crippen MR) is 80.7 cm³/mol. The second-order valence-corrected chi connectivity index (χ2v) is 5.02. The van der Waals surface area contributed by atoms with Gasteiger partial charge in [0.1, 0.15) is 18.2 Å². The van der Waals surface area contributed by atoms with Crippen molar-refractivity contribution in [2.24, 2.45) is 0 Å². The highest BCUT2D eigenvalue weighted by Gasteiger charge is 2.06. The molecule has 3 aromatic rings. The van der Waals surface area contributed by atoms with Crippen LogP contribution in [0.5, 0.6) is 5.75 Å². The topological polar surface area (TPSA) is 67.9 Å². The molecule has 0 aliphatic heterocycles. The van der Waals surface area contributed by atoms with Crippen molar-refractivity contribution in [3.8, 4) is 5.75 Å². The second-order valence-electron chi connectivity index (χ2n) is 4.59. The Bertz CT molecular complexity index is 861. The lowest BCUT2D eigenvalue weighted by atomic mass is 10.2. The fourth-order valence-electron chi connectivity index (χ4n) is 2.01. The molecule has 3 rings (SSSR count). The Morgan fingerprint density at radius 2 is 2.19 bits per heavy atom. The number of nitrogens with one attached hydrogen (secondary N) is 1. The van der Waals surface area contributed by atoms with Gasteiger partial charge in [0.25, 0.3) is 5.56 Å². The van der Waals surface area contributed by atoms with E-state index in [9.17, 15) is 4.79 Å². The summed E-state index contributed by atoms with van der Waals surface area (Å²) in [6.45, 7) is 2.06. The number of aryl methyl sites for hydroxylation is 1. The SMILES string of the molecule is Cc1cc(Cl)ccc1OCc1nc2ncccc2c(=O)[nH]1. The first-order valence-electron chi connectivity index (χ1n) is 6.36. The van der Waals surface area contributed by atoms with Gasteiger partial charge < -0.3 is 9.72 Å². The molecule has 21 heavy (non-hydrogen) atoms. The van der Waals surface area contributed by atoms with E-state index < -0.39 is 0 Å². The van der Waals surface area contributed by atoms with Crippen molar-refractivity contribution in [1.29, 1.82) is 0 Å². The zero-order chi connectivity index (χ0) is 14.8. The second kappa shape index (κ2) is 5.54. The van der Waals surface area contributed by atoms with Crippen LogP contribution in [-0.2, 0) is 6.61 Å². The molecule has 0 fully saturated rings. The minimum absolute atomic E-state index is 0.157. The van der Waals surface area contributed by atoms with E-state index in [2.05, 4.69) is 15.0 Å². The number of hydrogen-bond donors (Lipinski definition) is 1. The molecule has 1 aromatic carbocycles. The molecule has 2 heterocycles. The maximum Gasteiger partial charge on any atom is 0.260 e. The van der Waals surface area contributed by atoms with Crippen molar-refractivity contribution in [2.75, 3.05) is 0 Å². The summed E-state index contributed by atoms with van der Waals surface area (Å²) < 4.78 is 5.66. The van der Waals surface area contributed by atoms with E-state index in [1.807, 2.05) is 13.0 Å². The monoisotopic (exact) mass is 301 g/mol. The number of rotatable bonds is 3. The third-order valence-corrected chi connectivity index (χ3v) is 3.27. The Kier molecular flexibility index (Phi) is 3.58. The third-order valence-electron chi connectivity index (χ3n) is 3.03. The van der Waals surface area contributed by atoms with Gasteiger partial charge in [-0.1, -0.05) is 11.6 Å². The summed E-state index contributed by atoms with van der Waals surface area (Å²) in [5.74, 6) is 1.13. The summed E-state index contributed by atoms with van der Waals surface area (Å²) in [4.78, 5) is 23.0. The first kappa shape index (κ1) is 13.6. The zero-order valence-corrected chi connectivity index (χ0v) is 12.0. The van der Waals surface area contributed by atoms with Crippen LogP contribution < -0.4 is 10.3 Å². The molecule has 5 nitrogen and oxygen atoms in total. The summed E-state index contributed by atoms with van der Waals surface area (Å²) in [6, 6.07) is 8.74. The maximum atomic E-state index is 11.9. The van der Waals surface area contributed by atoms with Gasteiger partial charge in [0.05, 0.1) is 5.39 Å². The van der Waals surface area contributed by atoms with E-state index in [1.54, 1.807) is 30.5 Å². The minimum atomic E-state index is -0.223. The number of benzene rings is 1. The zero-order valence-electron chi connectivity index (χ0n) is 11.3. The Morgan fingerprint density at radius 1 is 1.33 bits per heavy atom. The van der Waals surface area contributed by atoms with Gasteiger partial charge in [-0.25, -0.2) is 9.97 Å². The Balaban J connectivity index is 1.87. The largest absolute Gasteiger partial charge is 0.485 e. The molecule has 6 heteroatoms. The number of aromatic nitrogens is 3. The molecule has 0 saturated heterocycles. The van der Waals surface area contributed by atoms with Crippen LogP contribution in [-0.4, -0.2) is 15.0 Å². The number of hydrogen-bond acceptors (Lipinski definition) is 4. The molecular formula is C15H12ClN3O2. The number of fused-ring (bicyclic) bond motifs is 1. The first-order chi connectivity index (χ1) is 10.1. The van der Waals surface area contributed by atoms with Crippen LogP contribution in [0, 0.1) is 6.92 Å². The number of pyridine rings is 1. The Hall–Kier alpha value is -2.40. The molecule has 0 bridgehead atoms. The first-order valence-corrected chi connectivity index (χ1v) is 6.74. The average Bonchev–Trinajstić information content (AvgIpc) is 2.46. The van der Waals surface area contributed by atoms with Gasteiger partial charge in [-0.05, 0) is 42.8 Å². The van der Waals surface area contributed by atoms with E-state index in [-0.39, 0.29) is 12.2 Å². The molecule has 0 aliphatic carbocycles. The standard InChI is InChI=1S/C15H12ClN3O2/c1-9-7-10(16)4-5-12(9)21-8-13-18-14-11(15(20)19-13)3-2-6-17-14/h2-7H,8H2,1H3,(H,17,18,19,20). The normalized spacial score (nSPS) is 10.8. The van der Waals surface area contributed by atoms with Crippen LogP contribution in [0.15, 0.2) is 41.3 Å². The molecule has 0 saturated carbocycles. The van der Waals surface area contributed by atoms with Gasteiger partial charge in [0.15, 0.2) is 5.65 Å². The van der Waals surface area contributed by atoms with Gasteiger partial charge in [-0.2, -0.15) is 0 Å². The molecule has 0 unspecified atom stereocenters. The van der Waals surface area contributed by atoms with E-state index in [1.165, 1.54) is 0 Å². The molecule has 106 valence electrons. The lowest BCUT2D eigenvalue weighted by Crippen LogP contribution is -2.14. The molecule has 0 spiro atoms. The van der Waals surface area contributed by atoms with Crippen LogP contribution in [0.4, 0.5) is 0 Å². The van der Waals surface area contributed by atoms with Gasteiger partial charge in [-0.3, -0.25) is 4.79 Å². The lowest BCUT2D eigenvalue weighted by Gasteiger charge is -2.09. The van der Waals surface area contributed by atoms with Crippen molar-refractivity contribution in [1.82, 2.24) is 15.0 Å². The maximum absolute atomic E-state index is 11.9. The van der Waals surface area contributed by atoms with E-state index >= 15 is 0 Å². The minimum Gasteiger partial charge on any atom is -0.485 e. The van der Waals surface area contributed by atoms with Crippen molar-refractivity contribution >= 4 is 22.6 Å². The smallest absolute Gasteiger partial charge is 0.260 e. The summed E-state index contributed by atoms with van der Waals surface area (Å²) in [6.07, 6.45) is 1.60. The summed E-state index contributed by atoms with van der Waals surface area (Å²) in [7, 11) is 0. The van der Waals surface area contributed by atoms with E-state index in [0.29, 0.717) is 27.6 Å². The quantitative estimate of drug-likeness (QED) is 0.807. The lowest BCUT2D eigenvalue weighted by molar-refractivity contribution is 0.294. The molecule has 0 atom stereocenters. The number of ether oxygens (including phenoxy) is 1. The van der Waals surface area contributed by atoms with Crippen molar-refractivity contribution in [2.45, 2.75) is 13.5 Å². The van der Waals surface area contributed by atoms with E-state index in [0.717, 1.165) is 5.56 Å². The molecule has 2 aromatic heterocycles. The van der Waals surface area contributed by atoms with Gasteiger partial charge in [-0.15, -0.1) is 0 Å². The number of H-pyrrole nitrogens is 1. The summed E-state index contributed by atoms with van der Waals surface area (Å²) in [5.41, 5.74) is 1.11. The number of halogens is 1. The molecule has 0 aliphatic rings. The highest BCUT2D eigenvalue weighted by molar-refractivity contribution is 6.30. The van der Waals surface area contributed by atoms with Crippen molar-refractivity contribution in [3.63, 3.8) is 0 Å². The highest BCUT2D eigenvalue weighted by atomic mass is 35.5. The fourth-order valence-corrected chi connectivity index (χ4v) is 2.23. The van der Waals surface area contributed by atoms with Crippen molar-refractivity contribution < 1.29 is 4.74 Å². The highest BCUT2D eigenvalue weighted by Crippen LogP contribution is 2.22. The third kappa shape index (κ3) is 2.87. The fraction of sp³-hybridized carbons (Fsp3) is 0.133. The van der Waals surface area contributed by atoms with Crippen LogP contribution in [0.2, 0.25) is 5.02 Å².